The summed E-state index contributed by atoms with van der Waals surface area (Å²) >= 11 is 15.9. The fourth-order valence-corrected chi connectivity index (χ4v) is 4.19. The summed E-state index contributed by atoms with van der Waals surface area (Å²) in [6.07, 6.45) is 5.70. The van der Waals surface area contributed by atoms with E-state index in [9.17, 15) is 4.79 Å². The minimum atomic E-state index is 0.470. The van der Waals surface area contributed by atoms with Crippen molar-refractivity contribution in [2.45, 2.75) is 19.3 Å². The van der Waals surface area contributed by atoms with E-state index in [0.29, 0.717) is 21.4 Å². The molecule has 0 saturated carbocycles. The fourth-order valence-electron chi connectivity index (χ4n) is 3.44. The number of aldehydes is 1. The fraction of sp³-hybridized carbons (Fsp3) is 0.143. The Labute approximate surface area is 175 Å². The summed E-state index contributed by atoms with van der Waals surface area (Å²) in [5.74, 6) is 0. The molecule has 4 rings (SSSR count). The van der Waals surface area contributed by atoms with E-state index in [1.807, 2.05) is 18.2 Å². The third-order valence-corrected chi connectivity index (χ3v) is 5.72. The lowest BCUT2D eigenvalue weighted by atomic mass is 9.90. The molecule has 0 fully saturated rings. The Morgan fingerprint density at radius 3 is 2.56 bits per heavy atom. The molecular formula is C21H15BrCl2N2O. The number of nitrogens with zero attached hydrogens (tertiary/aromatic N) is 2. The van der Waals surface area contributed by atoms with E-state index in [1.165, 1.54) is 0 Å². The van der Waals surface area contributed by atoms with Crippen LogP contribution in [0.5, 0.6) is 0 Å². The van der Waals surface area contributed by atoms with Crippen molar-refractivity contribution in [3.05, 3.63) is 79.5 Å². The molecule has 0 saturated heterocycles. The topological polar surface area (TPSA) is 34.9 Å². The monoisotopic (exact) mass is 460 g/mol. The van der Waals surface area contributed by atoms with Crippen LogP contribution in [0, 0.1) is 0 Å². The zero-order chi connectivity index (χ0) is 19.0. The lowest BCUT2D eigenvalue weighted by molar-refractivity contribution is 0.111. The molecule has 3 aromatic rings. The van der Waals surface area contributed by atoms with Crippen molar-refractivity contribution >= 4 is 57.1 Å². The van der Waals surface area contributed by atoms with E-state index in [4.69, 9.17) is 23.2 Å². The van der Waals surface area contributed by atoms with Gasteiger partial charge in [0.05, 0.1) is 16.4 Å². The van der Waals surface area contributed by atoms with Gasteiger partial charge in [0.2, 0.25) is 0 Å². The van der Waals surface area contributed by atoms with Crippen LogP contribution in [0.15, 0.2) is 46.9 Å². The maximum Gasteiger partial charge on any atom is 0.170 e. The molecule has 1 aliphatic rings. The Morgan fingerprint density at radius 1 is 1.07 bits per heavy atom. The highest BCUT2D eigenvalue weighted by molar-refractivity contribution is 9.10. The molecule has 1 aromatic heterocycles. The molecule has 0 aliphatic heterocycles. The van der Waals surface area contributed by atoms with E-state index in [2.05, 4.69) is 39.2 Å². The molecular weight excluding hydrogens is 447 g/mol. The third kappa shape index (κ3) is 3.62. The van der Waals surface area contributed by atoms with E-state index in [0.717, 1.165) is 52.4 Å². The van der Waals surface area contributed by atoms with Gasteiger partial charge in [-0.1, -0.05) is 51.3 Å². The molecule has 3 nitrogen and oxygen atoms in total. The number of aromatic nitrogens is 2. The molecule has 2 aromatic carbocycles. The van der Waals surface area contributed by atoms with Gasteiger partial charge in [-0.2, -0.15) is 5.10 Å². The number of hydrogen-bond donors (Lipinski definition) is 0. The lowest BCUT2D eigenvalue weighted by Crippen LogP contribution is -2.08. The van der Waals surface area contributed by atoms with Gasteiger partial charge in [-0.25, -0.2) is 4.68 Å². The van der Waals surface area contributed by atoms with Gasteiger partial charge >= 0.3 is 0 Å². The van der Waals surface area contributed by atoms with Crippen LogP contribution in [-0.2, 0) is 6.42 Å². The molecule has 1 heterocycles. The first-order valence-electron chi connectivity index (χ1n) is 8.56. The van der Waals surface area contributed by atoms with Crippen molar-refractivity contribution in [3.8, 4) is 5.69 Å². The van der Waals surface area contributed by atoms with Crippen molar-refractivity contribution in [3.63, 3.8) is 0 Å². The van der Waals surface area contributed by atoms with E-state index >= 15 is 0 Å². The van der Waals surface area contributed by atoms with Crippen LogP contribution >= 0.6 is 39.1 Å². The Hall–Kier alpha value is -1.88. The van der Waals surface area contributed by atoms with Crippen LogP contribution < -0.4 is 0 Å². The highest BCUT2D eigenvalue weighted by Crippen LogP contribution is 2.37. The third-order valence-electron chi connectivity index (χ3n) is 4.65. The van der Waals surface area contributed by atoms with Crippen molar-refractivity contribution < 1.29 is 4.79 Å². The van der Waals surface area contributed by atoms with Crippen molar-refractivity contribution in [1.82, 2.24) is 9.78 Å². The Bertz CT molecular complexity index is 1050. The number of benzene rings is 2. The number of rotatable bonds is 3. The van der Waals surface area contributed by atoms with Crippen molar-refractivity contribution in [1.29, 1.82) is 0 Å². The maximum absolute atomic E-state index is 11.6. The summed E-state index contributed by atoms with van der Waals surface area (Å²) in [6.45, 7) is 0. The van der Waals surface area contributed by atoms with Gasteiger partial charge in [0, 0.05) is 15.1 Å². The van der Waals surface area contributed by atoms with Crippen LogP contribution in [0.3, 0.4) is 0 Å². The largest absolute Gasteiger partial charge is 0.296 e. The summed E-state index contributed by atoms with van der Waals surface area (Å²) in [7, 11) is 0. The van der Waals surface area contributed by atoms with Gasteiger partial charge in [0.1, 0.15) is 5.69 Å². The first-order valence-corrected chi connectivity index (χ1v) is 10.1. The summed E-state index contributed by atoms with van der Waals surface area (Å²) < 4.78 is 2.82. The number of allylic oxidation sites excluding steroid dienone is 1. The van der Waals surface area contributed by atoms with Gasteiger partial charge in [0.15, 0.2) is 6.29 Å². The highest BCUT2D eigenvalue weighted by Gasteiger charge is 2.25. The SMILES string of the molecule is O=Cc1nn(-c2ccc(Cl)cc2Cl)c2c1CCC/C2=C\c1ccc(Br)cc1. The Balaban J connectivity index is 1.91. The second-order valence-electron chi connectivity index (χ2n) is 6.41. The van der Waals surface area contributed by atoms with Crippen LogP contribution in [0.2, 0.25) is 10.0 Å². The molecule has 0 spiro atoms. The first-order chi connectivity index (χ1) is 13.1. The number of fused-ring (bicyclic) bond motifs is 1. The molecule has 0 atom stereocenters. The predicted octanol–water partition coefficient (Wildman–Crippen LogP) is 6.63. The van der Waals surface area contributed by atoms with Crippen molar-refractivity contribution in [2.75, 3.05) is 0 Å². The highest BCUT2D eigenvalue weighted by atomic mass is 79.9. The van der Waals surface area contributed by atoms with Crippen LogP contribution in [0.25, 0.3) is 17.3 Å². The molecule has 27 heavy (non-hydrogen) atoms. The Kier molecular flexibility index (Phi) is 5.22. The van der Waals surface area contributed by atoms with Gasteiger partial charge in [-0.05, 0) is 66.8 Å². The summed E-state index contributed by atoms with van der Waals surface area (Å²) in [6, 6.07) is 13.4. The van der Waals surface area contributed by atoms with Gasteiger partial charge < -0.3 is 0 Å². The summed E-state index contributed by atoms with van der Waals surface area (Å²) in [5, 5.41) is 5.61. The van der Waals surface area contributed by atoms with Gasteiger partial charge in [-0.15, -0.1) is 0 Å². The summed E-state index contributed by atoms with van der Waals surface area (Å²) in [5.41, 5.74) is 5.36. The zero-order valence-corrected chi connectivity index (χ0v) is 17.4. The number of halogens is 3. The zero-order valence-electron chi connectivity index (χ0n) is 14.3. The number of carbonyl (C=O) groups excluding carboxylic acids is 1. The van der Waals surface area contributed by atoms with E-state index in [1.54, 1.807) is 16.8 Å². The summed E-state index contributed by atoms with van der Waals surface area (Å²) in [4.78, 5) is 11.6. The van der Waals surface area contributed by atoms with Crippen LogP contribution in [0.4, 0.5) is 0 Å². The first kappa shape index (κ1) is 18.5. The molecule has 0 N–H and O–H groups in total. The quantitative estimate of drug-likeness (QED) is 0.410. The van der Waals surface area contributed by atoms with Gasteiger partial charge in [0.25, 0.3) is 0 Å². The molecule has 6 heteroatoms. The minimum absolute atomic E-state index is 0.470. The van der Waals surface area contributed by atoms with Crippen molar-refractivity contribution in [2.24, 2.45) is 0 Å². The molecule has 0 radical (unpaired) electrons. The lowest BCUT2D eigenvalue weighted by Gasteiger charge is -2.19. The number of carbonyl (C=O) groups is 1. The molecule has 0 unspecified atom stereocenters. The van der Waals surface area contributed by atoms with Crippen LogP contribution in [-0.4, -0.2) is 16.1 Å². The second-order valence-corrected chi connectivity index (χ2v) is 8.17. The van der Waals surface area contributed by atoms with Crippen LogP contribution in [0.1, 0.15) is 40.2 Å². The average molecular weight is 462 g/mol. The maximum atomic E-state index is 11.6. The standard InChI is InChI=1S/C21H15BrCl2N2O/c22-15-6-4-13(5-7-15)10-14-2-1-3-17-19(12-27)25-26(21(14)17)20-9-8-16(23)11-18(20)24/h4-12H,1-3H2/b14-10+. The average Bonchev–Trinajstić information content (AvgIpc) is 3.03. The van der Waals surface area contributed by atoms with E-state index in [-0.39, 0.29) is 0 Å². The minimum Gasteiger partial charge on any atom is -0.296 e. The normalized spacial score (nSPS) is 15.0. The Morgan fingerprint density at radius 2 is 1.85 bits per heavy atom. The second kappa shape index (κ2) is 7.63. The van der Waals surface area contributed by atoms with Gasteiger partial charge in [-0.3, -0.25) is 4.79 Å². The molecule has 0 amide bonds. The molecule has 136 valence electrons. The van der Waals surface area contributed by atoms with E-state index < -0.39 is 0 Å². The predicted molar refractivity (Wildman–Crippen MR) is 114 cm³/mol. The smallest absolute Gasteiger partial charge is 0.170 e. The number of hydrogen-bond acceptors (Lipinski definition) is 2. The molecule has 0 bridgehead atoms. The molecule has 1 aliphatic carbocycles.